The van der Waals surface area contributed by atoms with Crippen molar-refractivity contribution < 1.29 is 4.74 Å². The number of ether oxygens (including phenoxy) is 1. The zero-order chi connectivity index (χ0) is 15.6. The van der Waals surface area contributed by atoms with Gasteiger partial charge in [-0.15, -0.1) is 0 Å². The SMILES string of the molecule is CC(C)(C)C1CCC(Oc2ccc(C3CCNC3)cc2)CC1. The van der Waals surface area contributed by atoms with Gasteiger partial charge in [0.15, 0.2) is 0 Å². The van der Waals surface area contributed by atoms with Crippen LogP contribution in [-0.4, -0.2) is 19.2 Å². The molecule has 2 nitrogen and oxygen atoms in total. The van der Waals surface area contributed by atoms with Gasteiger partial charge in [-0.05, 0) is 73.6 Å². The van der Waals surface area contributed by atoms with Crippen LogP contribution in [0.15, 0.2) is 24.3 Å². The molecule has 2 fully saturated rings. The van der Waals surface area contributed by atoms with E-state index in [0.717, 1.165) is 24.8 Å². The minimum atomic E-state index is 0.414. The minimum absolute atomic E-state index is 0.414. The predicted octanol–water partition coefficient (Wildman–Crippen LogP) is 4.75. The first kappa shape index (κ1) is 15.9. The van der Waals surface area contributed by atoms with Crippen molar-refractivity contribution in [2.24, 2.45) is 11.3 Å². The number of rotatable bonds is 3. The van der Waals surface area contributed by atoms with Gasteiger partial charge in [0.05, 0.1) is 6.10 Å². The fraction of sp³-hybridized carbons (Fsp3) is 0.700. The average Bonchev–Trinajstić information content (AvgIpc) is 3.02. The summed E-state index contributed by atoms with van der Waals surface area (Å²) in [6.07, 6.45) is 6.70. The van der Waals surface area contributed by atoms with Crippen LogP contribution >= 0.6 is 0 Å². The van der Waals surface area contributed by atoms with Crippen molar-refractivity contribution >= 4 is 0 Å². The molecule has 0 radical (unpaired) electrons. The molecule has 1 unspecified atom stereocenters. The van der Waals surface area contributed by atoms with Crippen LogP contribution in [0, 0.1) is 11.3 Å². The van der Waals surface area contributed by atoms with Crippen molar-refractivity contribution in [1.82, 2.24) is 5.32 Å². The maximum Gasteiger partial charge on any atom is 0.119 e. The van der Waals surface area contributed by atoms with Crippen LogP contribution in [0.1, 0.15) is 64.4 Å². The van der Waals surface area contributed by atoms with Gasteiger partial charge in [-0.3, -0.25) is 0 Å². The highest BCUT2D eigenvalue weighted by molar-refractivity contribution is 5.30. The van der Waals surface area contributed by atoms with Crippen LogP contribution in [0.4, 0.5) is 0 Å². The van der Waals surface area contributed by atoms with E-state index < -0.39 is 0 Å². The van der Waals surface area contributed by atoms with Crippen molar-refractivity contribution in [3.8, 4) is 5.75 Å². The molecule has 0 bridgehead atoms. The van der Waals surface area contributed by atoms with Crippen LogP contribution in [-0.2, 0) is 0 Å². The topological polar surface area (TPSA) is 21.3 Å². The third-order valence-electron chi connectivity index (χ3n) is 5.61. The lowest BCUT2D eigenvalue weighted by atomic mass is 9.72. The molecule has 1 aromatic rings. The molecular formula is C20H31NO. The molecule has 2 heteroatoms. The molecule has 1 aliphatic heterocycles. The summed E-state index contributed by atoms with van der Waals surface area (Å²) in [5, 5.41) is 3.44. The molecule has 1 aliphatic carbocycles. The molecule has 1 saturated carbocycles. The van der Waals surface area contributed by atoms with Gasteiger partial charge in [0.2, 0.25) is 0 Å². The molecule has 0 aromatic heterocycles. The molecule has 2 aliphatic rings. The summed E-state index contributed by atoms with van der Waals surface area (Å²) in [6, 6.07) is 8.86. The highest BCUT2D eigenvalue weighted by atomic mass is 16.5. The highest BCUT2D eigenvalue weighted by Crippen LogP contribution is 2.38. The predicted molar refractivity (Wildman–Crippen MR) is 92.5 cm³/mol. The summed E-state index contributed by atoms with van der Waals surface area (Å²) in [4.78, 5) is 0. The van der Waals surface area contributed by atoms with Crippen LogP contribution in [0.3, 0.4) is 0 Å². The Kier molecular flexibility index (Phi) is 4.77. The summed E-state index contributed by atoms with van der Waals surface area (Å²) in [5.41, 5.74) is 1.90. The molecule has 1 saturated heterocycles. The zero-order valence-electron chi connectivity index (χ0n) is 14.4. The quantitative estimate of drug-likeness (QED) is 0.870. The van der Waals surface area contributed by atoms with Crippen molar-refractivity contribution in [1.29, 1.82) is 0 Å². The van der Waals surface area contributed by atoms with E-state index in [4.69, 9.17) is 4.74 Å². The van der Waals surface area contributed by atoms with E-state index in [0.29, 0.717) is 17.4 Å². The highest BCUT2D eigenvalue weighted by Gasteiger charge is 2.30. The summed E-state index contributed by atoms with van der Waals surface area (Å²) < 4.78 is 6.22. The second-order valence-electron chi connectivity index (χ2n) is 8.22. The standard InChI is InChI=1S/C20H31NO/c1-20(2,3)17-6-10-19(11-7-17)22-18-8-4-15(5-9-18)16-12-13-21-14-16/h4-5,8-9,16-17,19,21H,6-7,10-14H2,1-3H3. The molecule has 1 heterocycles. The van der Waals surface area contributed by atoms with E-state index in [9.17, 15) is 0 Å². The normalized spacial score (nSPS) is 29.5. The molecule has 22 heavy (non-hydrogen) atoms. The number of hydrogen-bond donors (Lipinski definition) is 1. The minimum Gasteiger partial charge on any atom is -0.490 e. The lowest BCUT2D eigenvalue weighted by Gasteiger charge is -2.37. The smallest absolute Gasteiger partial charge is 0.119 e. The maximum atomic E-state index is 6.22. The maximum absolute atomic E-state index is 6.22. The van der Waals surface area contributed by atoms with E-state index in [2.05, 4.69) is 50.4 Å². The zero-order valence-corrected chi connectivity index (χ0v) is 14.4. The Morgan fingerprint density at radius 2 is 1.64 bits per heavy atom. The van der Waals surface area contributed by atoms with Gasteiger partial charge in [0.1, 0.15) is 5.75 Å². The van der Waals surface area contributed by atoms with Crippen LogP contribution in [0.2, 0.25) is 0 Å². The Bertz CT molecular complexity index is 459. The summed E-state index contributed by atoms with van der Waals surface area (Å²) in [6.45, 7) is 9.39. The Labute approximate surface area is 135 Å². The summed E-state index contributed by atoms with van der Waals surface area (Å²) in [5.74, 6) is 2.59. The van der Waals surface area contributed by atoms with Gasteiger partial charge >= 0.3 is 0 Å². The van der Waals surface area contributed by atoms with Crippen molar-refractivity contribution in [2.45, 2.75) is 64.9 Å². The first-order valence-corrected chi connectivity index (χ1v) is 9.00. The number of hydrogen-bond acceptors (Lipinski definition) is 2. The molecule has 1 aromatic carbocycles. The van der Waals surface area contributed by atoms with E-state index in [1.165, 1.54) is 37.7 Å². The largest absolute Gasteiger partial charge is 0.490 e. The average molecular weight is 301 g/mol. The lowest BCUT2D eigenvalue weighted by Crippen LogP contribution is -2.30. The molecule has 0 spiro atoms. The third-order valence-corrected chi connectivity index (χ3v) is 5.61. The van der Waals surface area contributed by atoms with Gasteiger partial charge in [-0.25, -0.2) is 0 Å². The van der Waals surface area contributed by atoms with E-state index in [-0.39, 0.29) is 0 Å². The Morgan fingerprint density at radius 1 is 0.955 bits per heavy atom. The summed E-state index contributed by atoms with van der Waals surface area (Å²) in [7, 11) is 0. The molecule has 1 atom stereocenters. The van der Waals surface area contributed by atoms with Gasteiger partial charge in [-0.2, -0.15) is 0 Å². The van der Waals surface area contributed by atoms with Crippen LogP contribution < -0.4 is 10.1 Å². The van der Waals surface area contributed by atoms with Crippen LogP contribution in [0.25, 0.3) is 0 Å². The molecule has 122 valence electrons. The van der Waals surface area contributed by atoms with Crippen LogP contribution in [0.5, 0.6) is 5.75 Å². The third kappa shape index (κ3) is 3.84. The monoisotopic (exact) mass is 301 g/mol. The summed E-state index contributed by atoms with van der Waals surface area (Å²) >= 11 is 0. The lowest BCUT2D eigenvalue weighted by molar-refractivity contribution is 0.0882. The Morgan fingerprint density at radius 3 is 2.18 bits per heavy atom. The van der Waals surface area contributed by atoms with Crippen molar-refractivity contribution in [2.75, 3.05) is 13.1 Å². The first-order valence-electron chi connectivity index (χ1n) is 9.00. The van der Waals surface area contributed by atoms with E-state index in [1.54, 1.807) is 0 Å². The van der Waals surface area contributed by atoms with Gasteiger partial charge < -0.3 is 10.1 Å². The molecular weight excluding hydrogens is 270 g/mol. The van der Waals surface area contributed by atoms with Crippen molar-refractivity contribution in [3.05, 3.63) is 29.8 Å². The van der Waals surface area contributed by atoms with E-state index in [1.807, 2.05) is 0 Å². The van der Waals surface area contributed by atoms with Gasteiger partial charge in [0.25, 0.3) is 0 Å². The second-order valence-corrected chi connectivity index (χ2v) is 8.22. The van der Waals surface area contributed by atoms with Crippen molar-refractivity contribution in [3.63, 3.8) is 0 Å². The molecule has 1 N–H and O–H groups in total. The van der Waals surface area contributed by atoms with Gasteiger partial charge in [0, 0.05) is 6.54 Å². The Hall–Kier alpha value is -1.02. The number of benzene rings is 1. The fourth-order valence-corrected chi connectivity index (χ4v) is 4.00. The fourth-order valence-electron chi connectivity index (χ4n) is 4.00. The number of nitrogens with one attached hydrogen (secondary N) is 1. The molecule has 3 rings (SSSR count). The Balaban J connectivity index is 1.51. The first-order chi connectivity index (χ1) is 10.5. The van der Waals surface area contributed by atoms with E-state index >= 15 is 0 Å². The van der Waals surface area contributed by atoms with Gasteiger partial charge in [-0.1, -0.05) is 32.9 Å². The second kappa shape index (κ2) is 6.62. The molecule has 0 amide bonds.